The summed E-state index contributed by atoms with van der Waals surface area (Å²) in [4.78, 5) is 0.330. The van der Waals surface area contributed by atoms with Crippen molar-refractivity contribution in [3.05, 3.63) is 24.3 Å². The molecule has 1 fully saturated rings. The summed E-state index contributed by atoms with van der Waals surface area (Å²) in [7, 11) is -3.35. The molecule has 0 amide bonds. The molecule has 1 saturated carbocycles. The van der Waals surface area contributed by atoms with E-state index in [1.807, 2.05) is 19.1 Å². The number of hydrogen-bond acceptors (Lipinski definition) is 3. The molecular weight excluding hydrogens is 284 g/mol. The van der Waals surface area contributed by atoms with Crippen molar-refractivity contribution in [2.75, 3.05) is 18.4 Å². The summed E-state index contributed by atoms with van der Waals surface area (Å²) in [5, 5.41) is 3.41. The van der Waals surface area contributed by atoms with Crippen LogP contribution in [0.4, 0.5) is 5.69 Å². The number of sulfonamides is 1. The zero-order chi connectivity index (χ0) is 15.3. The van der Waals surface area contributed by atoms with Crippen LogP contribution in [0.5, 0.6) is 0 Å². The number of hydrogen-bond donors (Lipinski definition) is 2. The van der Waals surface area contributed by atoms with Gasteiger partial charge in [0.2, 0.25) is 10.0 Å². The van der Waals surface area contributed by atoms with E-state index in [1.165, 1.54) is 19.3 Å². The van der Waals surface area contributed by atoms with Crippen LogP contribution in [0.15, 0.2) is 29.2 Å². The molecule has 1 aliphatic carbocycles. The van der Waals surface area contributed by atoms with Crippen molar-refractivity contribution >= 4 is 15.7 Å². The zero-order valence-corrected chi connectivity index (χ0v) is 13.7. The van der Waals surface area contributed by atoms with Crippen LogP contribution in [0.2, 0.25) is 0 Å². The maximum atomic E-state index is 12.0. The van der Waals surface area contributed by atoms with E-state index in [2.05, 4.69) is 17.0 Å². The first-order valence-corrected chi connectivity index (χ1v) is 9.33. The molecule has 2 unspecified atom stereocenters. The van der Waals surface area contributed by atoms with Crippen LogP contribution in [0.3, 0.4) is 0 Å². The molecule has 0 aromatic heterocycles. The van der Waals surface area contributed by atoms with Gasteiger partial charge in [-0.1, -0.05) is 20.3 Å². The van der Waals surface area contributed by atoms with E-state index < -0.39 is 10.0 Å². The molecule has 0 saturated heterocycles. The average Bonchev–Trinajstić information content (AvgIpc) is 2.89. The van der Waals surface area contributed by atoms with Gasteiger partial charge in [0.1, 0.15) is 0 Å². The lowest BCUT2D eigenvalue weighted by atomic mass is 10.1. The van der Waals surface area contributed by atoms with Crippen LogP contribution in [-0.4, -0.2) is 21.5 Å². The van der Waals surface area contributed by atoms with E-state index in [0.717, 1.165) is 30.5 Å². The smallest absolute Gasteiger partial charge is 0.240 e. The highest BCUT2D eigenvalue weighted by Gasteiger charge is 2.20. The Bertz CT molecular complexity index is 540. The molecule has 1 aliphatic rings. The Morgan fingerprint density at radius 3 is 2.48 bits per heavy atom. The van der Waals surface area contributed by atoms with Gasteiger partial charge in [0.05, 0.1) is 4.90 Å². The van der Waals surface area contributed by atoms with Gasteiger partial charge in [-0.2, -0.15) is 0 Å². The predicted octanol–water partition coefficient (Wildman–Crippen LogP) is 3.22. The first-order chi connectivity index (χ1) is 10.0. The molecule has 21 heavy (non-hydrogen) atoms. The quantitative estimate of drug-likeness (QED) is 0.813. The van der Waals surface area contributed by atoms with Crippen molar-refractivity contribution in [3.8, 4) is 0 Å². The summed E-state index contributed by atoms with van der Waals surface area (Å²) >= 11 is 0. The fourth-order valence-electron chi connectivity index (χ4n) is 2.84. The van der Waals surface area contributed by atoms with E-state index in [1.54, 1.807) is 12.1 Å². The van der Waals surface area contributed by atoms with Gasteiger partial charge >= 0.3 is 0 Å². The molecule has 1 aromatic rings. The van der Waals surface area contributed by atoms with Gasteiger partial charge in [0, 0.05) is 18.8 Å². The molecule has 5 heteroatoms. The van der Waals surface area contributed by atoms with Crippen molar-refractivity contribution in [2.24, 2.45) is 11.8 Å². The molecule has 118 valence electrons. The van der Waals surface area contributed by atoms with Crippen molar-refractivity contribution in [3.63, 3.8) is 0 Å². The van der Waals surface area contributed by atoms with Crippen molar-refractivity contribution in [1.82, 2.24) is 4.72 Å². The fourth-order valence-corrected chi connectivity index (χ4v) is 3.98. The summed E-state index contributed by atoms with van der Waals surface area (Å²) in [6.45, 7) is 5.70. The maximum Gasteiger partial charge on any atom is 0.240 e. The lowest BCUT2D eigenvalue weighted by Gasteiger charge is -2.13. The van der Waals surface area contributed by atoms with Crippen LogP contribution < -0.4 is 10.0 Å². The molecule has 4 nitrogen and oxygen atoms in total. The third-order valence-corrected chi connectivity index (χ3v) is 5.58. The normalized spacial score (nSPS) is 22.4. The Balaban J connectivity index is 1.89. The number of nitrogens with one attached hydrogen (secondary N) is 2. The molecule has 1 aromatic carbocycles. The monoisotopic (exact) mass is 310 g/mol. The average molecular weight is 310 g/mol. The van der Waals surface area contributed by atoms with Crippen molar-refractivity contribution < 1.29 is 8.42 Å². The second-order valence-electron chi connectivity index (χ2n) is 6.09. The third kappa shape index (κ3) is 4.71. The topological polar surface area (TPSA) is 58.2 Å². The van der Waals surface area contributed by atoms with Gasteiger partial charge in [-0.3, -0.25) is 0 Å². The van der Waals surface area contributed by atoms with Gasteiger partial charge in [-0.05, 0) is 55.4 Å². The molecular formula is C16H26N2O2S. The van der Waals surface area contributed by atoms with E-state index in [4.69, 9.17) is 0 Å². The lowest BCUT2D eigenvalue weighted by molar-refractivity contribution is 0.537. The fraction of sp³-hybridized carbons (Fsp3) is 0.625. The molecule has 0 spiro atoms. The summed E-state index contributed by atoms with van der Waals surface area (Å²) < 4.78 is 26.5. The largest absolute Gasteiger partial charge is 0.385 e. The summed E-state index contributed by atoms with van der Waals surface area (Å²) in [5.74, 6) is 1.59. The predicted molar refractivity (Wildman–Crippen MR) is 86.9 cm³/mol. The number of anilines is 1. The minimum atomic E-state index is -3.35. The van der Waals surface area contributed by atoms with Gasteiger partial charge in [0.15, 0.2) is 0 Å². The maximum absolute atomic E-state index is 12.0. The van der Waals surface area contributed by atoms with E-state index in [-0.39, 0.29) is 0 Å². The zero-order valence-electron chi connectivity index (χ0n) is 12.9. The summed E-state index contributed by atoms with van der Waals surface area (Å²) in [6, 6.07) is 7.02. The highest BCUT2D eigenvalue weighted by Crippen LogP contribution is 2.30. The van der Waals surface area contributed by atoms with E-state index in [9.17, 15) is 8.42 Å². The van der Waals surface area contributed by atoms with Gasteiger partial charge in [0.25, 0.3) is 0 Å². The van der Waals surface area contributed by atoms with Crippen molar-refractivity contribution in [2.45, 2.75) is 44.4 Å². The molecule has 0 heterocycles. The molecule has 2 atom stereocenters. The lowest BCUT2D eigenvalue weighted by Crippen LogP contribution is -2.24. The minimum absolute atomic E-state index is 0.330. The summed E-state index contributed by atoms with van der Waals surface area (Å²) in [6.07, 6.45) is 4.70. The molecule has 2 rings (SSSR count). The minimum Gasteiger partial charge on any atom is -0.385 e. The van der Waals surface area contributed by atoms with Crippen LogP contribution in [0.1, 0.15) is 39.5 Å². The van der Waals surface area contributed by atoms with Crippen LogP contribution in [-0.2, 0) is 10.0 Å². The SMILES string of the molecule is CCCNS(=O)(=O)c1ccc(NCC2CCC(C)C2)cc1. The van der Waals surface area contributed by atoms with Crippen molar-refractivity contribution in [1.29, 1.82) is 0 Å². The first-order valence-electron chi connectivity index (χ1n) is 7.85. The molecule has 0 radical (unpaired) electrons. The highest BCUT2D eigenvalue weighted by molar-refractivity contribution is 7.89. The van der Waals surface area contributed by atoms with Gasteiger partial charge in [-0.15, -0.1) is 0 Å². The van der Waals surface area contributed by atoms with Crippen LogP contribution in [0, 0.1) is 11.8 Å². The molecule has 2 N–H and O–H groups in total. The highest BCUT2D eigenvalue weighted by atomic mass is 32.2. The van der Waals surface area contributed by atoms with E-state index in [0.29, 0.717) is 11.4 Å². The Labute approximate surface area is 128 Å². The Morgan fingerprint density at radius 1 is 1.19 bits per heavy atom. The second kappa shape index (κ2) is 7.27. The standard InChI is InChI=1S/C16H26N2O2S/c1-3-10-18-21(19,20)16-8-6-15(7-9-16)17-12-14-5-4-13(2)11-14/h6-9,13-14,17-18H,3-5,10-12H2,1-2H3. The van der Waals surface area contributed by atoms with Crippen LogP contribution in [0.25, 0.3) is 0 Å². The summed E-state index contributed by atoms with van der Waals surface area (Å²) in [5.41, 5.74) is 0.990. The Morgan fingerprint density at radius 2 is 1.90 bits per heavy atom. The Hall–Kier alpha value is -1.07. The first kappa shape index (κ1) is 16.3. The third-order valence-electron chi connectivity index (χ3n) is 4.10. The molecule has 0 bridgehead atoms. The Kier molecular flexibility index (Phi) is 5.65. The van der Waals surface area contributed by atoms with E-state index >= 15 is 0 Å². The van der Waals surface area contributed by atoms with Gasteiger partial charge in [-0.25, -0.2) is 13.1 Å². The molecule has 0 aliphatic heterocycles. The van der Waals surface area contributed by atoms with Crippen LogP contribution >= 0.6 is 0 Å². The van der Waals surface area contributed by atoms with Gasteiger partial charge < -0.3 is 5.32 Å². The second-order valence-corrected chi connectivity index (χ2v) is 7.85. The number of benzene rings is 1. The number of rotatable bonds is 7.